The first-order valence-electron chi connectivity index (χ1n) is 7.14. The molecule has 0 aliphatic carbocycles. The molecular formula is C10H12F9N3O6S3. The van der Waals surface area contributed by atoms with E-state index in [1.807, 2.05) is 0 Å². The lowest BCUT2D eigenvalue weighted by atomic mass is 10.3. The van der Waals surface area contributed by atoms with E-state index in [1.165, 1.54) is 0 Å². The highest BCUT2D eigenvalue weighted by Gasteiger charge is 2.49. The van der Waals surface area contributed by atoms with Crippen LogP contribution in [-0.2, 0) is 36.4 Å². The van der Waals surface area contributed by atoms with Crippen molar-refractivity contribution in [2.45, 2.75) is 41.7 Å². The van der Waals surface area contributed by atoms with Gasteiger partial charge in [-0.2, -0.15) is 39.5 Å². The van der Waals surface area contributed by atoms with Gasteiger partial charge in [-0.3, -0.25) is 4.98 Å². The molecule has 0 spiro atoms. The molecule has 31 heavy (non-hydrogen) atoms. The normalized spacial score (nSPS) is 15.2. The van der Waals surface area contributed by atoms with Gasteiger partial charge in [0.1, 0.15) is 12.4 Å². The van der Waals surface area contributed by atoms with Crippen molar-refractivity contribution in [3.63, 3.8) is 0 Å². The van der Waals surface area contributed by atoms with Gasteiger partial charge in [0.2, 0.25) is 6.33 Å². The molecule has 1 N–H and O–H groups in total. The van der Waals surface area contributed by atoms with Gasteiger partial charge in [0.15, 0.2) is 20.0 Å². The highest BCUT2D eigenvalue weighted by Crippen LogP contribution is 2.36. The summed E-state index contributed by atoms with van der Waals surface area (Å²) in [5.41, 5.74) is -17.6. The van der Waals surface area contributed by atoms with Crippen LogP contribution in [0.2, 0.25) is 0 Å². The predicted molar refractivity (Wildman–Crippen MR) is 83.4 cm³/mol. The van der Waals surface area contributed by atoms with Crippen LogP contribution in [0.4, 0.5) is 39.5 Å². The molecule has 1 aromatic heterocycles. The summed E-state index contributed by atoms with van der Waals surface area (Å²) in [6.45, 7) is 1.29. The Morgan fingerprint density at radius 3 is 1.55 bits per heavy atom. The second kappa shape index (κ2) is 9.48. The minimum absolute atomic E-state index is 0.0790. The summed E-state index contributed by atoms with van der Waals surface area (Å²) in [5.74, 6) is 0. The van der Waals surface area contributed by atoms with Crippen LogP contribution in [0.15, 0.2) is 18.7 Å². The number of sulfone groups is 1. The van der Waals surface area contributed by atoms with Crippen LogP contribution in [0.1, 0.15) is 13.3 Å². The lowest BCUT2D eigenvalue weighted by Crippen LogP contribution is -2.37. The van der Waals surface area contributed by atoms with E-state index in [0.717, 1.165) is 11.1 Å². The summed E-state index contributed by atoms with van der Waals surface area (Å²) < 4.78 is 169. The maximum atomic E-state index is 12.1. The molecule has 0 fully saturated rings. The van der Waals surface area contributed by atoms with Crippen LogP contribution in [-0.4, -0.2) is 52.0 Å². The third-order valence-corrected chi connectivity index (χ3v) is 7.71. The van der Waals surface area contributed by atoms with E-state index in [1.54, 1.807) is 23.3 Å². The fraction of sp³-hybridized carbons (Fsp3) is 0.700. The van der Waals surface area contributed by atoms with Gasteiger partial charge in [0, 0.05) is 6.42 Å². The fourth-order valence-electron chi connectivity index (χ4n) is 1.39. The second-order valence-electron chi connectivity index (χ2n) is 5.36. The Hall–Kier alpha value is -1.61. The quantitative estimate of drug-likeness (QED) is 0.436. The Morgan fingerprint density at radius 2 is 1.26 bits per heavy atom. The Labute approximate surface area is 169 Å². The smallest absolute Gasteiger partial charge is 0.421 e. The molecule has 1 atom stereocenters. The number of halogens is 9. The number of alkyl halides is 9. The lowest BCUT2D eigenvalue weighted by Gasteiger charge is -2.22. The van der Waals surface area contributed by atoms with E-state index in [0.29, 0.717) is 0 Å². The van der Waals surface area contributed by atoms with Crippen LogP contribution in [0, 0.1) is 0 Å². The van der Waals surface area contributed by atoms with Gasteiger partial charge in [-0.15, -0.1) is 0 Å². The highest BCUT2D eigenvalue weighted by atomic mass is 32.3. The predicted octanol–water partition coefficient (Wildman–Crippen LogP) is 2.07. The van der Waals surface area contributed by atoms with Crippen molar-refractivity contribution >= 4 is 29.9 Å². The molecule has 1 heterocycles. The molecule has 1 aromatic rings. The lowest BCUT2D eigenvalue weighted by molar-refractivity contribution is -0.695. The molecule has 0 radical (unpaired) electrons. The standard InChI is InChI=1S/C8H11F3N2O2S.C2F6NO4S2/c1-7(16(14,15)8(9,10)11)2-4-13-5-3-12-6-13;3-1(4,5)14(10,11)9-15(12,13)2(6,7)8/h3,5-7H,2,4H2,1H3;/q;-1/p+1. The Morgan fingerprint density at radius 1 is 0.839 bits per heavy atom. The van der Waals surface area contributed by atoms with Crippen LogP contribution >= 0.6 is 0 Å². The summed E-state index contributed by atoms with van der Waals surface area (Å²) in [7, 11) is -18.5. The number of hydrogen-bond acceptors (Lipinski definition) is 6. The molecule has 1 rings (SSSR count). The van der Waals surface area contributed by atoms with Crippen molar-refractivity contribution in [3.8, 4) is 0 Å². The van der Waals surface area contributed by atoms with E-state index < -0.39 is 51.7 Å². The van der Waals surface area contributed by atoms with Gasteiger partial charge in [0.25, 0.3) is 9.84 Å². The molecular weight excluding hydrogens is 525 g/mol. The van der Waals surface area contributed by atoms with Crippen molar-refractivity contribution in [2.24, 2.45) is 0 Å². The van der Waals surface area contributed by atoms with Gasteiger partial charge < -0.3 is 4.13 Å². The minimum atomic E-state index is -6.72. The van der Waals surface area contributed by atoms with Gasteiger partial charge >= 0.3 is 16.5 Å². The van der Waals surface area contributed by atoms with Crippen molar-refractivity contribution < 1.29 is 69.3 Å². The first-order valence-corrected chi connectivity index (χ1v) is 11.6. The summed E-state index contributed by atoms with van der Waals surface area (Å²) in [5, 5.41) is -1.44. The third kappa shape index (κ3) is 8.11. The molecule has 0 saturated carbocycles. The number of rotatable bonds is 6. The summed E-state index contributed by atoms with van der Waals surface area (Å²) in [6, 6.07) is 0. The monoisotopic (exact) mass is 537 g/mol. The minimum Gasteiger partial charge on any atom is -0.421 e. The number of aromatic nitrogens is 2. The number of aromatic amines is 1. The first-order chi connectivity index (χ1) is 13.5. The maximum Gasteiger partial charge on any atom is 0.497 e. The molecule has 0 amide bonds. The van der Waals surface area contributed by atoms with Gasteiger partial charge in [-0.05, 0) is 6.92 Å². The highest BCUT2D eigenvalue weighted by molar-refractivity contribution is 8.13. The number of imidazole rings is 1. The Balaban J connectivity index is 0.000000582. The van der Waals surface area contributed by atoms with Crippen molar-refractivity contribution in [1.29, 1.82) is 0 Å². The zero-order valence-corrected chi connectivity index (χ0v) is 17.1. The largest absolute Gasteiger partial charge is 0.497 e. The molecule has 0 aliphatic heterocycles. The van der Waals surface area contributed by atoms with Crippen LogP contribution in [0.25, 0.3) is 4.13 Å². The molecule has 1 unspecified atom stereocenters. The van der Waals surface area contributed by atoms with Crippen LogP contribution in [0.3, 0.4) is 0 Å². The molecule has 9 nitrogen and oxygen atoms in total. The van der Waals surface area contributed by atoms with E-state index in [9.17, 15) is 64.8 Å². The number of hydrogen-bond donors (Lipinski definition) is 1. The van der Waals surface area contributed by atoms with E-state index in [4.69, 9.17) is 0 Å². The molecule has 21 heteroatoms. The van der Waals surface area contributed by atoms with E-state index >= 15 is 0 Å². The topological polar surface area (TPSA) is 136 Å². The van der Waals surface area contributed by atoms with Gasteiger partial charge in [0.05, 0.1) is 11.8 Å². The number of sulfonamides is 2. The molecule has 0 aliphatic rings. The number of aryl methyl sites for hydroxylation is 1. The van der Waals surface area contributed by atoms with Crippen molar-refractivity contribution in [2.75, 3.05) is 0 Å². The van der Waals surface area contributed by atoms with Gasteiger partial charge in [-0.25, -0.2) is 29.8 Å². The fourth-order valence-corrected chi connectivity index (χ4v) is 3.97. The molecule has 0 aromatic carbocycles. The zero-order valence-electron chi connectivity index (χ0n) is 14.7. The Kier molecular flexibility index (Phi) is 8.99. The number of nitrogens with one attached hydrogen (secondary N) is 1. The summed E-state index contributed by atoms with van der Waals surface area (Å²) in [6.07, 6.45) is 4.69. The van der Waals surface area contributed by atoms with Crippen molar-refractivity contribution in [1.82, 2.24) is 4.98 Å². The van der Waals surface area contributed by atoms with E-state index in [-0.39, 0.29) is 13.0 Å². The SMILES string of the molecule is CC(CC[n+]1cc[nH]c1)S(=O)(=O)C(F)(F)F.O=S(=O)([N-]S(=O)(=O)C(F)(F)F)C(F)(F)F. The number of H-pyrrole nitrogens is 1. The average Bonchev–Trinajstić information content (AvgIpc) is 3.02. The second-order valence-corrected chi connectivity index (χ2v) is 11.1. The van der Waals surface area contributed by atoms with E-state index in [2.05, 4.69) is 4.98 Å². The van der Waals surface area contributed by atoms with Crippen LogP contribution < -0.4 is 4.57 Å². The Bertz CT molecular complexity index is 984. The third-order valence-electron chi connectivity index (χ3n) is 3.03. The summed E-state index contributed by atoms with van der Waals surface area (Å²) in [4.78, 5) is 2.71. The number of nitrogens with zero attached hydrogens (tertiary/aromatic N) is 2. The molecule has 0 saturated heterocycles. The maximum absolute atomic E-state index is 12.1. The summed E-state index contributed by atoms with van der Waals surface area (Å²) >= 11 is 0. The first kappa shape index (κ1) is 29.4. The van der Waals surface area contributed by atoms with Gasteiger partial charge in [-0.1, -0.05) is 0 Å². The van der Waals surface area contributed by atoms with Crippen LogP contribution in [0.5, 0.6) is 0 Å². The van der Waals surface area contributed by atoms with Crippen molar-refractivity contribution in [3.05, 3.63) is 22.8 Å². The molecule has 0 bridgehead atoms. The average molecular weight is 537 g/mol. The molecule has 184 valence electrons. The zero-order chi connectivity index (χ0) is 25.1.